The highest BCUT2D eigenvalue weighted by Crippen LogP contribution is 2.14. The van der Waals surface area contributed by atoms with Gasteiger partial charge in [0.2, 0.25) is 0 Å². The molecule has 0 aliphatic carbocycles. The smallest absolute Gasteiger partial charge is 0.123 e. The van der Waals surface area contributed by atoms with Gasteiger partial charge in [-0.05, 0) is 35.4 Å². The lowest BCUT2D eigenvalue weighted by Crippen LogP contribution is -2.11. The van der Waals surface area contributed by atoms with E-state index in [1.807, 2.05) is 24.3 Å². The number of hydrogen-bond donors (Lipinski definition) is 2. The van der Waals surface area contributed by atoms with E-state index in [-0.39, 0.29) is 12.4 Å². The molecule has 0 radical (unpaired) electrons. The summed E-state index contributed by atoms with van der Waals surface area (Å²) in [5, 5.41) is 12.6. The summed E-state index contributed by atoms with van der Waals surface area (Å²) in [6, 6.07) is 13.7. The fourth-order valence-electron chi connectivity index (χ4n) is 1.67. The summed E-state index contributed by atoms with van der Waals surface area (Å²) < 4.78 is 18.5. The molecule has 0 bridgehead atoms. The molecular formula is C16H17FN2O2. The van der Waals surface area contributed by atoms with Crippen molar-refractivity contribution in [2.24, 2.45) is 5.10 Å². The van der Waals surface area contributed by atoms with Crippen LogP contribution < -0.4 is 10.2 Å². The number of hydrogen-bond acceptors (Lipinski definition) is 4. The first-order valence-electron chi connectivity index (χ1n) is 6.62. The maximum absolute atomic E-state index is 12.8. The highest BCUT2D eigenvalue weighted by atomic mass is 19.1. The van der Waals surface area contributed by atoms with Crippen LogP contribution in [0.5, 0.6) is 5.75 Å². The largest absolute Gasteiger partial charge is 0.489 e. The normalized spacial score (nSPS) is 10.8. The molecule has 0 unspecified atom stereocenters. The van der Waals surface area contributed by atoms with Crippen LogP contribution in [-0.2, 0) is 6.61 Å². The second-order valence-corrected chi connectivity index (χ2v) is 4.38. The summed E-state index contributed by atoms with van der Waals surface area (Å²) in [6.45, 7) is 0.832. The van der Waals surface area contributed by atoms with Gasteiger partial charge >= 0.3 is 0 Å². The number of ether oxygens (including phenoxy) is 1. The number of aliphatic hydroxyl groups is 1. The lowest BCUT2D eigenvalue weighted by Gasteiger charge is -2.07. The van der Waals surface area contributed by atoms with Gasteiger partial charge in [0.05, 0.1) is 19.4 Å². The van der Waals surface area contributed by atoms with E-state index >= 15 is 0 Å². The summed E-state index contributed by atoms with van der Waals surface area (Å²) in [5.74, 6) is 0.456. The quantitative estimate of drug-likeness (QED) is 0.467. The molecule has 0 aliphatic rings. The number of aliphatic hydroxyl groups excluding tert-OH is 1. The predicted molar refractivity (Wildman–Crippen MR) is 79.9 cm³/mol. The molecule has 0 aromatic heterocycles. The zero-order valence-electron chi connectivity index (χ0n) is 11.5. The van der Waals surface area contributed by atoms with Crippen LogP contribution in [0, 0.1) is 5.82 Å². The van der Waals surface area contributed by atoms with E-state index in [4.69, 9.17) is 9.84 Å². The lowest BCUT2D eigenvalue weighted by atomic mass is 10.2. The van der Waals surface area contributed by atoms with E-state index in [0.29, 0.717) is 18.9 Å². The first-order valence-corrected chi connectivity index (χ1v) is 6.62. The summed E-state index contributed by atoms with van der Waals surface area (Å²) in [5.41, 5.74) is 4.50. The van der Waals surface area contributed by atoms with Gasteiger partial charge in [-0.15, -0.1) is 0 Å². The van der Waals surface area contributed by atoms with Crippen LogP contribution in [-0.4, -0.2) is 24.5 Å². The minimum absolute atomic E-state index is 0.0398. The molecule has 2 aromatic rings. The number of hydrazone groups is 1. The highest BCUT2D eigenvalue weighted by Gasteiger charge is 1.98. The molecule has 0 amide bonds. The van der Waals surface area contributed by atoms with Crippen LogP contribution in [0.2, 0.25) is 0 Å². The molecule has 5 heteroatoms. The maximum atomic E-state index is 12.8. The van der Waals surface area contributed by atoms with Crippen molar-refractivity contribution < 1.29 is 14.2 Å². The molecule has 21 heavy (non-hydrogen) atoms. The Morgan fingerprint density at radius 3 is 2.76 bits per heavy atom. The molecule has 0 saturated carbocycles. The Hall–Kier alpha value is -2.40. The molecule has 0 spiro atoms. The summed E-state index contributed by atoms with van der Waals surface area (Å²) in [4.78, 5) is 0. The summed E-state index contributed by atoms with van der Waals surface area (Å²) in [6.07, 6.45) is 1.65. The third-order valence-corrected chi connectivity index (χ3v) is 2.71. The summed E-state index contributed by atoms with van der Waals surface area (Å²) >= 11 is 0. The van der Waals surface area contributed by atoms with Crippen molar-refractivity contribution in [3.05, 3.63) is 65.5 Å². The fourth-order valence-corrected chi connectivity index (χ4v) is 1.67. The molecule has 0 saturated heterocycles. The monoisotopic (exact) mass is 288 g/mol. The van der Waals surface area contributed by atoms with Crippen LogP contribution in [0.3, 0.4) is 0 Å². The maximum Gasteiger partial charge on any atom is 0.123 e. The Morgan fingerprint density at radius 1 is 1.19 bits per heavy atom. The van der Waals surface area contributed by atoms with Gasteiger partial charge in [-0.25, -0.2) is 4.39 Å². The van der Waals surface area contributed by atoms with Crippen molar-refractivity contribution >= 4 is 6.21 Å². The molecule has 0 aliphatic heterocycles. The molecule has 2 rings (SSSR count). The van der Waals surface area contributed by atoms with Gasteiger partial charge in [-0.1, -0.05) is 24.3 Å². The highest BCUT2D eigenvalue weighted by molar-refractivity contribution is 5.79. The average Bonchev–Trinajstić information content (AvgIpc) is 2.52. The van der Waals surface area contributed by atoms with Crippen LogP contribution in [0.1, 0.15) is 11.1 Å². The number of halogens is 1. The Kier molecular flexibility index (Phi) is 5.72. The number of benzene rings is 2. The molecule has 2 N–H and O–H groups in total. The van der Waals surface area contributed by atoms with Gasteiger partial charge in [0, 0.05) is 0 Å². The second-order valence-electron chi connectivity index (χ2n) is 4.38. The zero-order valence-corrected chi connectivity index (χ0v) is 11.5. The van der Waals surface area contributed by atoms with Crippen LogP contribution in [0.4, 0.5) is 4.39 Å². The molecular weight excluding hydrogens is 271 g/mol. The first kappa shape index (κ1) is 15.0. The molecule has 4 nitrogen and oxygen atoms in total. The standard InChI is InChI=1S/C16H17FN2O2/c17-15-6-4-13(5-7-15)12-21-16-3-1-2-14(10-16)11-19-18-8-9-20/h1-7,10-11,18,20H,8-9,12H2. The van der Waals surface area contributed by atoms with Crippen molar-refractivity contribution in [3.8, 4) is 5.75 Å². The average molecular weight is 288 g/mol. The number of nitrogens with zero attached hydrogens (tertiary/aromatic N) is 1. The molecule has 0 heterocycles. The predicted octanol–water partition coefficient (Wildman–Crippen LogP) is 2.32. The second kappa shape index (κ2) is 8.01. The van der Waals surface area contributed by atoms with Gasteiger partial charge in [-0.3, -0.25) is 0 Å². The van der Waals surface area contributed by atoms with Crippen molar-refractivity contribution in [2.45, 2.75) is 6.61 Å². The van der Waals surface area contributed by atoms with E-state index in [2.05, 4.69) is 10.5 Å². The van der Waals surface area contributed by atoms with Gasteiger partial charge in [0.1, 0.15) is 18.2 Å². The van der Waals surface area contributed by atoms with E-state index in [9.17, 15) is 4.39 Å². The fraction of sp³-hybridized carbons (Fsp3) is 0.188. The third-order valence-electron chi connectivity index (χ3n) is 2.71. The SMILES string of the molecule is OCCNN=Cc1cccc(OCc2ccc(F)cc2)c1. The molecule has 0 fully saturated rings. The van der Waals surface area contributed by atoms with Gasteiger partial charge in [0.25, 0.3) is 0 Å². The van der Waals surface area contributed by atoms with Crippen molar-refractivity contribution in [2.75, 3.05) is 13.2 Å². The van der Waals surface area contributed by atoms with E-state index in [1.54, 1.807) is 18.3 Å². The molecule has 0 atom stereocenters. The van der Waals surface area contributed by atoms with Crippen LogP contribution in [0.25, 0.3) is 0 Å². The van der Waals surface area contributed by atoms with Crippen molar-refractivity contribution in [1.82, 2.24) is 5.43 Å². The van der Waals surface area contributed by atoms with E-state index in [0.717, 1.165) is 11.1 Å². The number of nitrogens with one attached hydrogen (secondary N) is 1. The first-order chi connectivity index (χ1) is 10.3. The minimum Gasteiger partial charge on any atom is -0.489 e. The Balaban J connectivity index is 1.91. The lowest BCUT2D eigenvalue weighted by molar-refractivity contribution is 0.293. The molecule has 110 valence electrons. The van der Waals surface area contributed by atoms with Gasteiger partial charge in [0.15, 0.2) is 0 Å². The zero-order chi connectivity index (χ0) is 14.9. The number of rotatable bonds is 7. The van der Waals surface area contributed by atoms with E-state index < -0.39 is 0 Å². The van der Waals surface area contributed by atoms with Crippen LogP contribution >= 0.6 is 0 Å². The van der Waals surface area contributed by atoms with Crippen LogP contribution in [0.15, 0.2) is 53.6 Å². The minimum atomic E-state index is -0.257. The van der Waals surface area contributed by atoms with Gasteiger partial charge < -0.3 is 15.3 Å². The third kappa shape index (κ3) is 5.24. The topological polar surface area (TPSA) is 53.8 Å². The Morgan fingerprint density at radius 2 is 2.00 bits per heavy atom. The van der Waals surface area contributed by atoms with Crippen molar-refractivity contribution in [1.29, 1.82) is 0 Å². The van der Waals surface area contributed by atoms with Gasteiger partial charge in [-0.2, -0.15) is 5.10 Å². The van der Waals surface area contributed by atoms with E-state index in [1.165, 1.54) is 12.1 Å². The summed E-state index contributed by atoms with van der Waals surface area (Å²) in [7, 11) is 0. The Bertz CT molecular complexity index is 585. The van der Waals surface area contributed by atoms with Crippen molar-refractivity contribution in [3.63, 3.8) is 0 Å². The molecule has 2 aromatic carbocycles. The Labute approximate surface area is 122 Å².